The summed E-state index contributed by atoms with van der Waals surface area (Å²) in [5.74, 6) is 0. The van der Waals surface area contributed by atoms with Crippen molar-refractivity contribution in [3.8, 4) is 11.1 Å². The van der Waals surface area contributed by atoms with Crippen LogP contribution in [0.4, 0.5) is 5.69 Å². The molecule has 0 radical (unpaired) electrons. The fraction of sp³-hybridized carbons (Fsp3) is 0.333. The smallest absolute Gasteiger partial charge is 0.270 e. The zero-order valence-electron chi connectivity index (χ0n) is 13.4. The van der Waals surface area contributed by atoms with Crippen LogP contribution in [0.15, 0.2) is 42.5 Å². The first kappa shape index (κ1) is 16.6. The monoisotopic (exact) mass is 327 g/mol. The molecule has 6 nitrogen and oxygen atoms in total. The molecule has 0 atom stereocenters. The average molecular weight is 327 g/mol. The van der Waals surface area contributed by atoms with Crippen LogP contribution in [0.25, 0.3) is 11.1 Å². The number of nitrogens with one attached hydrogen (secondary N) is 1. The van der Waals surface area contributed by atoms with Crippen molar-refractivity contribution in [1.82, 2.24) is 10.2 Å². The molecule has 0 spiro atoms. The second-order valence-electron chi connectivity index (χ2n) is 5.98. The van der Waals surface area contributed by atoms with Crippen molar-refractivity contribution < 1.29 is 10.0 Å². The van der Waals surface area contributed by atoms with Gasteiger partial charge in [0.2, 0.25) is 0 Å². The molecule has 1 saturated heterocycles. The van der Waals surface area contributed by atoms with Crippen LogP contribution in [0.3, 0.4) is 0 Å². The number of benzene rings is 2. The van der Waals surface area contributed by atoms with Gasteiger partial charge in [0.1, 0.15) is 0 Å². The van der Waals surface area contributed by atoms with Crippen LogP contribution in [-0.4, -0.2) is 41.1 Å². The topological polar surface area (TPSA) is 78.6 Å². The fourth-order valence-corrected chi connectivity index (χ4v) is 3.00. The maximum atomic E-state index is 11.0. The highest BCUT2D eigenvalue weighted by Gasteiger charge is 2.13. The third kappa shape index (κ3) is 3.79. The molecule has 0 aliphatic carbocycles. The zero-order chi connectivity index (χ0) is 16.9. The number of piperazine rings is 1. The van der Waals surface area contributed by atoms with Gasteiger partial charge < -0.3 is 10.4 Å². The van der Waals surface area contributed by atoms with Crippen molar-refractivity contribution in [3.05, 3.63) is 63.7 Å². The van der Waals surface area contributed by atoms with E-state index in [-0.39, 0.29) is 12.3 Å². The summed E-state index contributed by atoms with van der Waals surface area (Å²) in [5.41, 5.74) is 3.53. The molecule has 2 aromatic rings. The van der Waals surface area contributed by atoms with Crippen molar-refractivity contribution in [3.63, 3.8) is 0 Å². The van der Waals surface area contributed by atoms with E-state index in [9.17, 15) is 15.2 Å². The molecule has 0 amide bonds. The van der Waals surface area contributed by atoms with Crippen LogP contribution in [0, 0.1) is 10.1 Å². The molecule has 1 fully saturated rings. The number of rotatable bonds is 5. The normalized spacial score (nSPS) is 15.4. The maximum Gasteiger partial charge on any atom is 0.270 e. The molecule has 2 aromatic carbocycles. The van der Waals surface area contributed by atoms with Gasteiger partial charge in [0, 0.05) is 44.9 Å². The molecule has 6 heteroatoms. The van der Waals surface area contributed by atoms with Gasteiger partial charge in [-0.3, -0.25) is 15.0 Å². The van der Waals surface area contributed by atoms with E-state index in [4.69, 9.17) is 0 Å². The molecule has 126 valence electrons. The molecule has 1 aliphatic heterocycles. The molecule has 0 saturated carbocycles. The van der Waals surface area contributed by atoms with E-state index in [0.29, 0.717) is 11.1 Å². The summed E-state index contributed by atoms with van der Waals surface area (Å²) in [6.07, 6.45) is 0. The van der Waals surface area contributed by atoms with Gasteiger partial charge in [0.15, 0.2) is 0 Å². The van der Waals surface area contributed by atoms with Gasteiger partial charge in [-0.1, -0.05) is 24.3 Å². The molecule has 1 aliphatic rings. The summed E-state index contributed by atoms with van der Waals surface area (Å²) >= 11 is 0. The Morgan fingerprint density at radius 2 is 1.83 bits per heavy atom. The largest absolute Gasteiger partial charge is 0.392 e. The molecular weight excluding hydrogens is 306 g/mol. The zero-order valence-corrected chi connectivity index (χ0v) is 13.4. The number of nitro benzene ring substituents is 1. The second kappa shape index (κ2) is 7.53. The molecule has 0 unspecified atom stereocenters. The van der Waals surface area contributed by atoms with Gasteiger partial charge in [-0.15, -0.1) is 0 Å². The summed E-state index contributed by atoms with van der Waals surface area (Å²) in [7, 11) is 0. The highest BCUT2D eigenvalue weighted by Crippen LogP contribution is 2.28. The van der Waals surface area contributed by atoms with Crippen molar-refractivity contribution in [2.24, 2.45) is 0 Å². The molecule has 2 N–H and O–H groups in total. The van der Waals surface area contributed by atoms with E-state index in [0.717, 1.165) is 38.3 Å². The predicted octanol–water partition coefficient (Wildman–Crippen LogP) is 2.16. The molecular formula is C18H21N3O3. The Morgan fingerprint density at radius 3 is 2.46 bits per heavy atom. The van der Waals surface area contributed by atoms with E-state index in [1.807, 2.05) is 12.1 Å². The summed E-state index contributed by atoms with van der Waals surface area (Å²) in [5, 5.41) is 23.8. The summed E-state index contributed by atoms with van der Waals surface area (Å²) in [6, 6.07) is 12.6. The first-order chi connectivity index (χ1) is 11.7. The van der Waals surface area contributed by atoms with Gasteiger partial charge in [-0.25, -0.2) is 0 Å². The Labute approximate surface area is 140 Å². The predicted molar refractivity (Wildman–Crippen MR) is 92.6 cm³/mol. The first-order valence-corrected chi connectivity index (χ1v) is 8.08. The van der Waals surface area contributed by atoms with E-state index < -0.39 is 4.92 Å². The van der Waals surface area contributed by atoms with Crippen LogP contribution in [0.5, 0.6) is 0 Å². The number of nitro groups is 1. The number of non-ortho nitro benzene ring substituents is 1. The maximum absolute atomic E-state index is 11.0. The average Bonchev–Trinajstić information content (AvgIpc) is 2.62. The molecule has 1 heterocycles. The van der Waals surface area contributed by atoms with Gasteiger partial charge in [-0.2, -0.15) is 0 Å². The fourth-order valence-electron chi connectivity index (χ4n) is 3.00. The van der Waals surface area contributed by atoms with Gasteiger partial charge in [-0.05, 0) is 28.3 Å². The van der Waals surface area contributed by atoms with Crippen LogP contribution >= 0.6 is 0 Å². The third-order valence-electron chi connectivity index (χ3n) is 4.36. The van der Waals surface area contributed by atoms with Crippen LogP contribution in [0.1, 0.15) is 11.1 Å². The lowest BCUT2D eigenvalue weighted by Gasteiger charge is -2.27. The van der Waals surface area contributed by atoms with Crippen molar-refractivity contribution in [2.75, 3.05) is 26.2 Å². The highest BCUT2D eigenvalue weighted by atomic mass is 16.6. The third-order valence-corrected chi connectivity index (χ3v) is 4.36. The first-order valence-electron chi connectivity index (χ1n) is 8.08. The van der Waals surface area contributed by atoms with E-state index in [2.05, 4.69) is 22.3 Å². The Kier molecular flexibility index (Phi) is 5.20. The standard InChI is InChI=1S/C18H21N3O3/c22-13-16-5-6-17(21(23)24)11-18(16)15-3-1-14(2-4-15)12-20-9-7-19-8-10-20/h1-6,11,19,22H,7-10,12-13H2. The van der Waals surface area contributed by atoms with Crippen LogP contribution in [-0.2, 0) is 13.2 Å². The minimum atomic E-state index is -0.413. The minimum Gasteiger partial charge on any atom is -0.392 e. The summed E-state index contributed by atoms with van der Waals surface area (Å²) < 4.78 is 0. The SMILES string of the molecule is O=[N+]([O-])c1ccc(CO)c(-c2ccc(CN3CCNCC3)cc2)c1. The highest BCUT2D eigenvalue weighted by molar-refractivity contribution is 5.70. The number of aliphatic hydroxyl groups excluding tert-OH is 1. The van der Waals surface area contributed by atoms with Crippen molar-refractivity contribution in [2.45, 2.75) is 13.2 Å². The lowest BCUT2D eigenvalue weighted by Crippen LogP contribution is -2.42. The van der Waals surface area contributed by atoms with E-state index in [1.54, 1.807) is 6.07 Å². The molecule has 3 rings (SSSR count). The molecule has 0 aromatic heterocycles. The summed E-state index contributed by atoms with van der Waals surface area (Å²) in [4.78, 5) is 13.0. The van der Waals surface area contributed by atoms with Crippen LogP contribution in [0.2, 0.25) is 0 Å². The van der Waals surface area contributed by atoms with Crippen LogP contribution < -0.4 is 5.32 Å². The Hall–Kier alpha value is -2.28. The lowest BCUT2D eigenvalue weighted by molar-refractivity contribution is -0.384. The Balaban J connectivity index is 1.82. The van der Waals surface area contributed by atoms with E-state index >= 15 is 0 Å². The quantitative estimate of drug-likeness (QED) is 0.650. The molecule has 0 bridgehead atoms. The minimum absolute atomic E-state index is 0.0343. The van der Waals surface area contributed by atoms with Crippen molar-refractivity contribution in [1.29, 1.82) is 0 Å². The van der Waals surface area contributed by atoms with E-state index in [1.165, 1.54) is 17.7 Å². The van der Waals surface area contributed by atoms with Gasteiger partial charge in [0.05, 0.1) is 11.5 Å². The number of hydrogen-bond donors (Lipinski definition) is 2. The summed E-state index contributed by atoms with van der Waals surface area (Å²) in [6.45, 7) is 4.89. The Morgan fingerprint density at radius 1 is 1.12 bits per heavy atom. The number of aliphatic hydroxyl groups is 1. The second-order valence-corrected chi connectivity index (χ2v) is 5.98. The lowest BCUT2D eigenvalue weighted by atomic mass is 9.98. The number of nitrogens with zero attached hydrogens (tertiary/aromatic N) is 2. The Bertz CT molecular complexity index is 710. The van der Waals surface area contributed by atoms with Gasteiger partial charge >= 0.3 is 0 Å². The van der Waals surface area contributed by atoms with Gasteiger partial charge in [0.25, 0.3) is 5.69 Å². The van der Waals surface area contributed by atoms with Crippen molar-refractivity contribution >= 4 is 5.69 Å². The number of hydrogen-bond acceptors (Lipinski definition) is 5. The molecule has 24 heavy (non-hydrogen) atoms.